The highest BCUT2D eigenvalue weighted by atomic mass is 16.5. The SMILES string of the molecule is CN(O)C(=O)C1(N)CCC1. The van der Waals surface area contributed by atoms with E-state index in [1.807, 2.05) is 0 Å². The topological polar surface area (TPSA) is 66.6 Å². The van der Waals surface area contributed by atoms with E-state index in [1.54, 1.807) is 0 Å². The van der Waals surface area contributed by atoms with Gasteiger partial charge in [0.15, 0.2) is 0 Å². The molecule has 1 aliphatic rings. The molecule has 0 aliphatic heterocycles. The predicted molar refractivity (Wildman–Crippen MR) is 35.3 cm³/mol. The van der Waals surface area contributed by atoms with E-state index in [0.29, 0.717) is 17.9 Å². The fourth-order valence-electron chi connectivity index (χ4n) is 1.09. The molecule has 58 valence electrons. The summed E-state index contributed by atoms with van der Waals surface area (Å²) in [4.78, 5) is 11.0. The third-order valence-corrected chi connectivity index (χ3v) is 1.97. The van der Waals surface area contributed by atoms with Gasteiger partial charge in [-0.15, -0.1) is 0 Å². The Hall–Kier alpha value is -0.610. The lowest BCUT2D eigenvalue weighted by Crippen LogP contribution is -2.58. The molecular weight excluding hydrogens is 132 g/mol. The van der Waals surface area contributed by atoms with Gasteiger partial charge in [0.25, 0.3) is 5.91 Å². The number of amides is 1. The number of likely N-dealkylation sites (N-methyl/N-ethyl adjacent to an activating group) is 1. The Morgan fingerprint density at radius 2 is 2.20 bits per heavy atom. The molecule has 0 spiro atoms. The minimum atomic E-state index is -0.760. The second-order valence-electron chi connectivity index (χ2n) is 2.84. The maximum atomic E-state index is 11.0. The molecule has 1 rings (SSSR count). The first-order chi connectivity index (χ1) is 4.56. The molecule has 0 radical (unpaired) electrons. The van der Waals surface area contributed by atoms with Gasteiger partial charge in [-0.25, -0.2) is 5.06 Å². The van der Waals surface area contributed by atoms with Crippen LogP contribution in [-0.2, 0) is 4.79 Å². The van der Waals surface area contributed by atoms with E-state index >= 15 is 0 Å². The second-order valence-corrected chi connectivity index (χ2v) is 2.84. The number of carbonyl (C=O) groups is 1. The van der Waals surface area contributed by atoms with Crippen molar-refractivity contribution >= 4 is 5.91 Å². The van der Waals surface area contributed by atoms with Crippen molar-refractivity contribution in [3.8, 4) is 0 Å². The number of hydrogen-bond donors (Lipinski definition) is 2. The fourth-order valence-corrected chi connectivity index (χ4v) is 1.09. The average molecular weight is 144 g/mol. The van der Waals surface area contributed by atoms with E-state index in [1.165, 1.54) is 7.05 Å². The molecule has 3 N–H and O–H groups in total. The molecule has 0 unspecified atom stereocenters. The largest absolute Gasteiger partial charge is 0.317 e. The molecule has 1 amide bonds. The Bertz CT molecular complexity index is 152. The highest BCUT2D eigenvalue weighted by Crippen LogP contribution is 2.30. The van der Waals surface area contributed by atoms with E-state index in [2.05, 4.69) is 0 Å². The lowest BCUT2D eigenvalue weighted by Gasteiger charge is -2.37. The van der Waals surface area contributed by atoms with Crippen LogP contribution in [0.3, 0.4) is 0 Å². The summed E-state index contributed by atoms with van der Waals surface area (Å²) < 4.78 is 0. The quantitative estimate of drug-likeness (QED) is 0.392. The van der Waals surface area contributed by atoms with Gasteiger partial charge in [-0.2, -0.15) is 0 Å². The van der Waals surface area contributed by atoms with Crippen LogP contribution in [0.25, 0.3) is 0 Å². The molecule has 4 heteroatoms. The van der Waals surface area contributed by atoms with E-state index in [0.717, 1.165) is 6.42 Å². The molecule has 0 aromatic rings. The molecule has 1 saturated carbocycles. The summed E-state index contributed by atoms with van der Waals surface area (Å²) in [5, 5.41) is 9.29. The van der Waals surface area contributed by atoms with Crippen LogP contribution in [0.1, 0.15) is 19.3 Å². The van der Waals surface area contributed by atoms with Crippen molar-refractivity contribution in [2.24, 2.45) is 5.73 Å². The summed E-state index contributed by atoms with van der Waals surface area (Å²) in [6.45, 7) is 0. The lowest BCUT2D eigenvalue weighted by molar-refractivity contribution is -0.169. The van der Waals surface area contributed by atoms with E-state index < -0.39 is 5.54 Å². The van der Waals surface area contributed by atoms with Gasteiger partial charge in [-0.05, 0) is 19.3 Å². The van der Waals surface area contributed by atoms with Gasteiger partial charge in [0.1, 0.15) is 0 Å². The van der Waals surface area contributed by atoms with Gasteiger partial charge in [-0.3, -0.25) is 10.0 Å². The van der Waals surface area contributed by atoms with Gasteiger partial charge in [-0.1, -0.05) is 0 Å². The number of hydrogen-bond acceptors (Lipinski definition) is 3. The molecular formula is C6H12N2O2. The van der Waals surface area contributed by atoms with Crippen LogP contribution < -0.4 is 5.73 Å². The summed E-state index contributed by atoms with van der Waals surface area (Å²) in [7, 11) is 1.30. The monoisotopic (exact) mass is 144 g/mol. The zero-order valence-electron chi connectivity index (χ0n) is 6.00. The maximum Gasteiger partial charge on any atom is 0.265 e. The van der Waals surface area contributed by atoms with Gasteiger partial charge < -0.3 is 5.73 Å². The zero-order valence-corrected chi connectivity index (χ0v) is 6.00. The van der Waals surface area contributed by atoms with Crippen molar-refractivity contribution in [2.45, 2.75) is 24.8 Å². The van der Waals surface area contributed by atoms with Gasteiger partial charge in [0, 0.05) is 7.05 Å². The smallest absolute Gasteiger partial charge is 0.265 e. The zero-order chi connectivity index (χ0) is 7.78. The van der Waals surface area contributed by atoms with E-state index in [-0.39, 0.29) is 5.91 Å². The first kappa shape index (κ1) is 7.50. The molecule has 0 heterocycles. The Morgan fingerprint density at radius 3 is 2.30 bits per heavy atom. The first-order valence-electron chi connectivity index (χ1n) is 3.32. The minimum absolute atomic E-state index is 0.376. The summed E-state index contributed by atoms with van der Waals surface area (Å²) in [6.07, 6.45) is 2.36. The van der Waals surface area contributed by atoms with Crippen molar-refractivity contribution in [3.05, 3.63) is 0 Å². The van der Waals surface area contributed by atoms with Crippen molar-refractivity contribution in [1.29, 1.82) is 0 Å². The van der Waals surface area contributed by atoms with Gasteiger partial charge in [0.05, 0.1) is 5.54 Å². The molecule has 1 fully saturated rings. The van der Waals surface area contributed by atoms with E-state index in [4.69, 9.17) is 10.9 Å². The Kier molecular flexibility index (Phi) is 1.66. The first-order valence-corrected chi connectivity index (χ1v) is 3.32. The van der Waals surface area contributed by atoms with Crippen LogP contribution >= 0.6 is 0 Å². The Labute approximate surface area is 59.6 Å². The standard InChI is InChI=1S/C6H12N2O2/c1-8(10)5(9)6(7)3-2-4-6/h10H,2-4,7H2,1H3. The van der Waals surface area contributed by atoms with Gasteiger partial charge in [0.2, 0.25) is 0 Å². The average Bonchev–Trinajstić information content (AvgIpc) is 1.81. The summed E-state index contributed by atoms with van der Waals surface area (Å²) in [5.41, 5.74) is 4.84. The number of hydroxylamine groups is 2. The highest BCUT2D eigenvalue weighted by molar-refractivity contribution is 5.85. The van der Waals surface area contributed by atoms with Crippen LogP contribution in [0.4, 0.5) is 0 Å². The van der Waals surface area contributed by atoms with Crippen molar-refractivity contribution in [3.63, 3.8) is 0 Å². The molecule has 0 saturated heterocycles. The van der Waals surface area contributed by atoms with E-state index in [9.17, 15) is 4.79 Å². The molecule has 10 heavy (non-hydrogen) atoms. The van der Waals surface area contributed by atoms with Crippen molar-refractivity contribution in [1.82, 2.24) is 5.06 Å². The normalized spacial score (nSPS) is 21.5. The molecule has 0 atom stereocenters. The third kappa shape index (κ3) is 0.998. The second kappa shape index (κ2) is 2.21. The molecule has 1 aliphatic carbocycles. The molecule has 4 nitrogen and oxygen atoms in total. The van der Waals surface area contributed by atoms with Crippen LogP contribution in [0.2, 0.25) is 0 Å². The number of carbonyl (C=O) groups excluding carboxylic acids is 1. The molecule has 0 bridgehead atoms. The highest BCUT2D eigenvalue weighted by Gasteiger charge is 2.41. The van der Waals surface area contributed by atoms with Crippen LogP contribution in [0.15, 0.2) is 0 Å². The van der Waals surface area contributed by atoms with Crippen LogP contribution in [0, 0.1) is 0 Å². The minimum Gasteiger partial charge on any atom is -0.317 e. The van der Waals surface area contributed by atoms with Gasteiger partial charge >= 0.3 is 0 Å². The summed E-state index contributed by atoms with van der Waals surface area (Å²) in [6, 6.07) is 0. The lowest BCUT2D eigenvalue weighted by atomic mass is 9.77. The maximum absolute atomic E-state index is 11.0. The van der Waals surface area contributed by atoms with Crippen molar-refractivity contribution in [2.75, 3.05) is 7.05 Å². The third-order valence-electron chi connectivity index (χ3n) is 1.97. The number of nitrogens with zero attached hydrogens (tertiary/aromatic N) is 1. The number of rotatable bonds is 1. The van der Waals surface area contributed by atoms with Crippen LogP contribution in [-0.4, -0.2) is 28.8 Å². The van der Waals surface area contributed by atoms with Crippen molar-refractivity contribution < 1.29 is 10.0 Å². The predicted octanol–water partition coefficient (Wildman–Crippen LogP) is -0.285. The Balaban J connectivity index is 2.55. The van der Waals surface area contributed by atoms with Crippen LogP contribution in [0.5, 0.6) is 0 Å². The summed E-state index contributed by atoms with van der Waals surface area (Å²) in [5.74, 6) is -0.376. The molecule has 0 aromatic carbocycles. The fraction of sp³-hybridized carbons (Fsp3) is 0.833. The Morgan fingerprint density at radius 1 is 1.70 bits per heavy atom. The molecule has 0 aromatic heterocycles. The summed E-state index contributed by atoms with van der Waals surface area (Å²) >= 11 is 0. The number of nitrogens with two attached hydrogens (primary N) is 1.